The second-order valence-corrected chi connectivity index (χ2v) is 6.61. The zero-order valence-electron chi connectivity index (χ0n) is 14.4. The van der Waals surface area contributed by atoms with E-state index in [-0.39, 0.29) is 17.6 Å². The van der Waals surface area contributed by atoms with Crippen molar-refractivity contribution in [3.63, 3.8) is 0 Å². The predicted molar refractivity (Wildman–Crippen MR) is 90.0 cm³/mol. The number of aromatic nitrogens is 3. The molecule has 1 heterocycles. The van der Waals surface area contributed by atoms with Crippen LogP contribution in [-0.2, 0) is 13.5 Å². The first kappa shape index (κ1) is 17.0. The number of hydrogen-bond acceptors (Lipinski definition) is 3. The van der Waals surface area contributed by atoms with E-state index < -0.39 is 0 Å². The number of aryl methyl sites for hydroxylation is 2. The summed E-state index contributed by atoms with van der Waals surface area (Å²) >= 11 is 0. The lowest BCUT2D eigenvalue weighted by atomic mass is 9.92. The Morgan fingerprint density at radius 3 is 2.65 bits per heavy atom. The first-order chi connectivity index (χ1) is 10.8. The molecule has 1 atom stereocenters. The molecule has 6 nitrogen and oxygen atoms in total. The Labute approximate surface area is 137 Å². The summed E-state index contributed by atoms with van der Waals surface area (Å²) in [6.45, 7) is 8.01. The fourth-order valence-electron chi connectivity index (χ4n) is 2.62. The van der Waals surface area contributed by atoms with E-state index >= 15 is 0 Å². The maximum atomic E-state index is 12.3. The number of carbonyl (C=O) groups is 1. The van der Waals surface area contributed by atoms with Crippen molar-refractivity contribution in [1.29, 1.82) is 0 Å². The highest BCUT2D eigenvalue weighted by Gasteiger charge is 2.23. The number of urea groups is 1. The van der Waals surface area contributed by atoms with Crippen LogP contribution in [0.25, 0.3) is 0 Å². The second-order valence-electron chi connectivity index (χ2n) is 6.61. The molecule has 2 rings (SSSR count). The van der Waals surface area contributed by atoms with Crippen molar-refractivity contribution in [3.8, 4) is 0 Å². The fourth-order valence-corrected chi connectivity index (χ4v) is 2.62. The van der Waals surface area contributed by atoms with E-state index in [2.05, 4.69) is 39.9 Å². The molecule has 1 aromatic heterocycles. The van der Waals surface area contributed by atoms with Crippen LogP contribution < -0.4 is 10.6 Å². The molecule has 124 valence electrons. The van der Waals surface area contributed by atoms with E-state index in [9.17, 15) is 4.79 Å². The van der Waals surface area contributed by atoms with Crippen LogP contribution in [-0.4, -0.2) is 26.3 Å². The minimum atomic E-state index is -0.351. The average Bonchev–Trinajstić information content (AvgIpc) is 2.86. The highest BCUT2D eigenvalue weighted by molar-refractivity contribution is 5.75. The lowest BCUT2D eigenvalue weighted by Crippen LogP contribution is -2.50. The Bertz CT molecular complexity index is 677. The largest absolute Gasteiger partial charge is 0.333 e. The van der Waals surface area contributed by atoms with Gasteiger partial charge in [-0.25, -0.2) is 4.79 Å². The molecule has 2 aromatic rings. The van der Waals surface area contributed by atoms with Crippen LogP contribution in [0.5, 0.6) is 0 Å². The molecule has 1 unspecified atom stereocenters. The van der Waals surface area contributed by atoms with Gasteiger partial charge in [0.25, 0.3) is 0 Å². The third-order valence-corrected chi connectivity index (χ3v) is 3.83. The van der Waals surface area contributed by atoms with E-state index in [0.717, 1.165) is 12.2 Å². The van der Waals surface area contributed by atoms with Crippen molar-refractivity contribution in [3.05, 3.63) is 47.5 Å². The van der Waals surface area contributed by atoms with Crippen LogP contribution in [0.15, 0.2) is 30.6 Å². The molecular weight excluding hydrogens is 290 g/mol. The number of amides is 2. The first-order valence-electron chi connectivity index (χ1n) is 7.75. The van der Waals surface area contributed by atoms with Crippen molar-refractivity contribution < 1.29 is 4.79 Å². The molecule has 2 amide bonds. The first-order valence-corrected chi connectivity index (χ1v) is 7.75. The standard InChI is InChI=1S/C17H25N5O/c1-12-8-6-7-9-14(12)10-17(3,4)20-16(23)19-13(2)15-21-18-11-22(15)5/h6-9,11,13H,10H2,1-5H3,(H2,19,20,23). The van der Waals surface area contributed by atoms with Gasteiger partial charge in [0.15, 0.2) is 5.82 Å². The van der Waals surface area contributed by atoms with Gasteiger partial charge in [-0.15, -0.1) is 10.2 Å². The van der Waals surface area contributed by atoms with E-state index in [1.807, 2.05) is 40.0 Å². The van der Waals surface area contributed by atoms with Gasteiger partial charge in [-0.3, -0.25) is 0 Å². The highest BCUT2D eigenvalue weighted by atomic mass is 16.2. The topological polar surface area (TPSA) is 71.8 Å². The Hall–Kier alpha value is -2.37. The van der Waals surface area contributed by atoms with Crippen molar-refractivity contribution in [2.24, 2.45) is 7.05 Å². The Morgan fingerprint density at radius 1 is 1.35 bits per heavy atom. The number of carbonyl (C=O) groups excluding carboxylic acids is 1. The van der Waals surface area contributed by atoms with E-state index in [1.54, 1.807) is 10.9 Å². The second kappa shape index (κ2) is 6.81. The van der Waals surface area contributed by atoms with Crippen molar-refractivity contribution in [1.82, 2.24) is 25.4 Å². The van der Waals surface area contributed by atoms with Gasteiger partial charge in [-0.2, -0.15) is 0 Å². The summed E-state index contributed by atoms with van der Waals surface area (Å²) in [6.07, 6.45) is 2.39. The summed E-state index contributed by atoms with van der Waals surface area (Å²) in [4.78, 5) is 12.3. The van der Waals surface area contributed by atoms with Crippen molar-refractivity contribution in [2.75, 3.05) is 0 Å². The van der Waals surface area contributed by atoms with Gasteiger partial charge in [0, 0.05) is 12.6 Å². The number of hydrogen-bond donors (Lipinski definition) is 2. The molecule has 0 saturated carbocycles. The van der Waals surface area contributed by atoms with Gasteiger partial charge in [-0.05, 0) is 45.2 Å². The minimum absolute atomic E-state index is 0.209. The molecule has 0 aliphatic heterocycles. The fraction of sp³-hybridized carbons (Fsp3) is 0.471. The zero-order valence-corrected chi connectivity index (χ0v) is 14.4. The van der Waals surface area contributed by atoms with Crippen LogP contribution in [0.3, 0.4) is 0 Å². The molecule has 0 saturated heterocycles. The quantitative estimate of drug-likeness (QED) is 0.890. The zero-order chi connectivity index (χ0) is 17.0. The molecule has 1 aromatic carbocycles. The molecule has 23 heavy (non-hydrogen) atoms. The van der Waals surface area contributed by atoms with E-state index in [0.29, 0.717) is 0 Å². The highest BCUT2D eigenvalue weighted by Crippen LogP contribution is 2.16. The monoisotopic (exact) mass is 315 g/mol. The number of nitrogens with one attached hydrogen (secondary N) is 2. The predicted octanol–water partition coefficient (Wildman–Crippen LogP) is 2.51. The number of rotatable bonds is 5. The molecular formula is C17H25N5O. The van der Waals surface area contributed by atoms with Gasteiger partial charge >= 0.3 is 6.03 Å². The van der Waals surface area contributed by atoms with Gasteiger partial charge < -0.3 is 15.2 Å². The molecule has 0 aliphatic rings. The lowest BCUT2D eigenvalue weighted by molar-refractivity contribution is 0.226. The summed E-state index contributed by atoms with van der Waals surface area (Å²) < 4.78 is 1.80. The summed E-state index contributed by atoms with van der Waals surface area (Å²) in [5.74, 6) is 0.719. The Balaban J connectivity index is 1.96. The van der Waals surface area contributed by atoms with Gasteiger partial charge in [0.2, 0.25) is 0 Å². The molecule has 2 N–H and O–H groups in total. The van der Waals surface area contributed by atoms with Crippen LogP contribution >= 0.6 is 0 Å². The summed E-state index contributed by atoms with van der Waals surface area (Å²) in [5.41, 5.74) is 2.12. The molecule has 0 radical (unpaired) electrons. The van der Waals surface area contributed by atoms with Crippen LogP contribution in [0, 0.1) is 6.92 Å². The van der Waals surface area contributed by atoms with Gasteiger partial charge in [0.1, 0.15) is 6.33 Å². The normalized spacial score (nSPS) is 12.7. The lowest BCUT2D eigenvalue weighted by Gasteiger charge is -2.28. The average molecular weight is 315 g/mol. The van der Waals surface area contributed by atoms with Crippen LogP contribution in [0.1, 0.15) is 43.8 Å². The SMILES string of the molecule is Cc1ccccc1CC(C)(C)NC(=O)NC(C)c1nncn1C. The molecule has 0 aliphatic carbocycles. The maximum Gasteiger partial charge on any atom is 0.315 e. The molecule has 0 spiro atoms. The van der Waals surface area contributed by atoms with Crippen molar-refractivity contribution in [2.45, 2.75) is 45.7 Å². The van der Waals surface area contributed by atoms with E-state index in [1.165, 1.54) is 11.1 Å². The van der Waals surface area contributed by atoms with Gasteiger partial charge in [0.05, 0.1) is 6.04 Å². The summed E-state index contributed by atoms with van der Waals surface area (Å²) in [7, 11) is 1.85. The maximum absolute atomic E-state index is 12.3. The molecule has 0 fully saturated rings. The Morgan fingerprint density at radius 2 is 2.04 bits per heavy atom. The number of nitrogens with zero attached hydrogens (tertiary/aromatic N) is 3. The van der Waals surface area contributed by atoms with Crippen molar-refractivity contribution >= 4 is 6.03 Å². The third kappa shape index (κ3) is 4.55. The Kier molecular flexibility index (Phi) is 5.03. The van der Waals surface area contributed by atoms with Gasteiger partial charge in [-0.1, -0.05) is 24.3 Å². The van der Waals surface area contributed by atoms with Crippen LogP contribution in [0.2, 0.25) is 0 Å². The van der Waals surface area contributed by atoms with E-state index in [4.69, 9.17) is 0 Å². The summed E-state index contributed by atoms with van der Waals surface area (Å²) in [6, 6.07) is 7.81. The van der Waals surface area contributed by atoms with Crippen LogP contribution in [0.4, 0.5) is 4.79 Å². The molecule has 6 heteroatoms. The number of benzene rings is 1. The minimum Gasteiger partial charge on any atom is -0.333 e. The summed E-state index contributed by atoms with van der Waals surface area (Å²) in [5, 5.41) is 13.8. The molecule has 0 bridgehead atoms. The smallest absolute Gasteiger partial charge is 0.315 e. The third-order valence-electron chi connectivity index (χ3n) is 3.83.